The van der Waals surface area contributed by atoms with E-state index in [2.05, 4.69) is 26.6 Å². The summed E-state index contributed by atoms with van der Waals surface area (Å²) in [5.41, 5.74) is 0.634. The van der Waals surface area contributed by atoms with Crippen molar-refractivity contribution in [2.45, 2.75) is 208 Å². The zero-order valence-electron chi connectivity index (χ0n) is 58.5. The molecule has 2 aliphatic rings. The molecule has 7 N–H and O–H groups in total. The molecule has 1 aromatic carbocycles. The number of carbonyl (C=O) groups is 12. The van der Waals surface area contributed by atoms with Crippen molar-refractivity contribution in [1.82, 2.24) is 55.6 Å². The predicted molar refractivity (Wildman–Crippen MR) is 349 cm³/mol. The summed E-state index contributed by atoms with van der Waals surface area (Å²) < 4.78 is 0. The third-order valence-corrected chi connectivity index (χ3v) is 18.0. The van der Waals surface area contributed by atoms with Crippen LogP contribution >= 0.6 is 0 Å². The average molecular weight is 1300 g/mol. The van der Waals surface area contributed by atoms with Gasteiger partial charge in [0.1, 0.15) is 60.4 Å². The molecule has 14 atom stereocenters. The third-order valence-electron chi connectivity index (χ3n) is 18.0. The molecule has 26 nitrogen and oxygen atoms in total. The topological polar surface area (TPSA) is 328 Å². The van der Waals surface area contributed by atoms with Crippen molar-refractivity contribution in [1.29, 1.82) is 0 Å². The van der Waals surface area contributed by atoms with E-state index in [9.17, 15) is 43.8 Å². The van der Waals surface area contributed by atoms with Gasteiger partial charge in [-0.1, -0.05) is 83.1 Å². The fourth-order valence-electron chi connectivity index (χ4n) is 12.2. The zero-order chi connectivity index (χ0) is 70.2. The van der Waals surface area contributed by atoms with E-state index in [1.54, 1.807) is 53.7 Å². The van der Waals surface area contributed by atoms with Gasteiger partial charge < -0.3 is 71.1 Å². The van der Waals surface area contributed by atoms with Crippen LogP contribution in [-0.4, -0.2) is 244 Å². The van der Waals surface area contributed by atoms with Gasteiger partial charge in [0.15, 0.2) is 0 Å². The summed E-state index contributed by atoms with van der Waals surface area (Å²) in [7, 11) is 9.75. The lowest BCUT2D eigenvalue weighted by Crippen LogP contribution is -2.64. The molecule has 3 rings (SSSR count). The minimum atomic E-state index is -1.78. The number of nitrogens with zero attached hydrogens (tertiary/aromatic N) is 7. The minimum absolute atomic E-state index is 0.0264. The number of hydrogen-bond acceptors (Lipinski definition) is 14. The van der Waals surface area contributed by atoms with Crippen molar-refractivity contribution in [3.05, 3.63) is 29.8 Å². The maximum absolute atomic E-state index is 16.1. The third kappa shape index (κ3) is 20.8. The van der Waals surface area contributed by atoms with E-state index >= 15 is 24.0 Å². The van der Waals surface area contributed by atoms with Gasteiger partial charge in [0.25, 0.3) is 0 Å². The number of aromatic carboxylic acids is 1. The molecule has 2 heterocycles. The Hall–Kier alpha value is -7.38. The Bertz CT molecular complexity index is 2760. The first kappa shape index (κ1) is 78.9. The number of amides is 11. The Labute approximate surface area is 545 Å². The second-order valence-electron chi connectivity index (χ2n) is 27.6. The number of nitrogens with one attached hydrogen (secondary N) is 5. The van der Waals surface area contributed by atoms with Crippen LogP contribution in [0.1, 0.15) is 152 Å². The number of fused-ring (bicyclic) bond motifs is 5. The molecular weight excluding hydrogens is 1180 g/mol. The largest absolute Gasteiger partial charge is 0.478 e. The minimum Gasteiger partial charge on any atom is -0.478 e. The summed E-state index contributed by atoms with van der Waals surface area (Å²) in [5, 5.41) is 36.3. The maximum atomic E-state index is 16.1. The van der Waals surface area contributed by atoms with Crippen LogP contribution in [0.3, 0.4) is 0 Å². The highest BCUT2D eigenvalue weighted by Crippen LogP contribution is 2.30. The van der Waals surface area contributed by atoms with Gasteiger partial charge in [0, 0.05) is 61.6 Å². The lowest BCUT2D eigenvalue weighted by atomic mass is 9.85. The molecule has 518 valence electrons. The summed E-state index contributed by atoms with van der Waals surface area (Å²) in [4.78, 5) is 184. The van der Waals surface area contributed by atoms with Crippen molar-refractivity contribution in [2.75, 3.05) is 67.7 Å². The number of carbonyl (C=O) groups excluding carboxylic acids is 11. The summed E-state index contributed by atoms with van der Waals surface area (Å²) >= 11 is 0. The molecule has 2 saturated heterocycles. The van der Waals surface area contributed by atoms with Crippen molar-refractivity contribution >= 4 is 76.6 Å². The van der Waals surface area contributed by atoms with Crippen LogP contribution in [0.4, 0.5) is 5.69 Å². The molecule has 11 amide bonds. The van der Waals surface area contributed by atoms with Crippen molar-refractivity contribution in [3.8, 4) is 0 Å². The summed E-state index contributed by atoms with van der Waals surface area (Å²) in [6.45, 7) is 23.8. The van der Waals surface area contributed by atoms with Crippen molar-refractivity contribution in [3.63, 3.8) is 0 Å². The highest BCUT2D eigenvalue weighted by molar-refractivity contribution is 6.00. The highest BCUT2D eigenvalue weighted by Gasteiger charge is 2.47. The first-order chi connectivity index (χ1) is 42.7. The van der Waals surface area contributed by atoms with E-state index in [0.29, 0.717) is 5.69 Å². The second-order valence-corrected chi connectivity index (χ2v) is 27.6. The monoisotopic (exact) mass is 1290 g/mol. The van der Waals surface area contributed by atoms with E-state index < -0.39 is 168 Å². The number of likely N-dealkylation sites (N-methyl/N-ethyl adjacent to an activating group) is 7. The number of rotatable bonds is 15. The van der Waals surface area contributed by atoms with E-state index in [1.165, 1.54) is 99.8 Å². The SMILES string of the molecule is CC[C@H]1NC(=O)C([C@@H](O)[C@@H](C)CCNc2ccc(C(=O)O)cc2)N(C)C(=O)[C@H]2C(C)CC(C)C[C@H](C(=O)N[C@H](C)C(=O)N[C@H](C)C(=O)N(C)C(CC(C)C)C(=O)N(C)[C@H](CC(C)C)C(=O)N2C)N(C)C(=O)[C@@H](C(C)C)NC(=O)[C@@H](CC(C)C)N(C)C(=O)CN(C)C1=O. The number of hydrogen-bond donors (Lipinski definition) is 7. The lowest BCUT2D eigenvalue weighted by Gasteiger charge is -2.42. The number of benzene rings is 1. The predicted octanol–water partition coefficient (Wildman–Crippen LogP) is 2.87. The zero-order valence-corrected chi connectivity index (χ0v) is 58.5. The Kier molecular flexibility index (Phi) is 30.0. The smallest absolute Gasteiger partial charge is 0.335 e. The molecule has 0 aromatic heterocycles. The fraction of sp³-hybridized carbons (Fsp3) is 0.727. The molecule has 0 aliphatic carbocycles. The van der Waals surface area contributed by atoms with Gasteiger partial charge >= 0.3 is 5.97 Å². The Morgan fingerprint density at radius 3 is 1.58 bits per heavy atom. The molecule has 1 aromatic rings. The van der Waals surface area contributed by atoms with Gasteiger partial charge in [-0.2, -0.15) is 0 Å². The van der Waals surface area contributed by atoms with Crippen molar-refractivity contribution < 1.29 is 67.7 Å². The van der Waals surface area contributed by atoms with Crippen LogP contribution in [-0.2, 0) is 52.7 Å². The van der Waals surface area contributed by atoms with Crippen LogP contribution in [0.5, 0.6) is 0 Å². The number of anilines is 1. The molecule has 92 heavy (non-hydrogen) atoms. The summed E-state index contributed by atoms with van der Waals surface area (Å²) in [6.07, 6.45) is -1.25. The van der Waals surface area contributed by atoms with Gasteiger partial charge in [-0.15, -0.1) is 0 Å². The van der Waals surface area contributed by atoms with Crippen LogP contribution in [0.2, 0.25) is 0 Å². The van der Waals surface area contributed by atoms with E-state index in [4.69, 9.17) is 0 Å². The van der Waals surface area contributed by atoms with Crippen LogP contribution in [0.15, 0.2) is 24.3 Å². The standard InChI is InChI=1S/C66H110N12O14/c1-22-46-61(86)72(15)34-51(79)73(16)47(29-35(2)3)58(83)71-52(38(8)9)64(89)74(17)48-33-39(10)32-41(12)53(65(90)78(21)54(59(84)70-46)55(80)40(11)27-28-67-45-25-23-44(24-26-45)66(91)92)77(20)63(88)50(31-37(6)7)76(19)62(87)49(30-36(4)5)75(18)60(85)43(14)69-56(81)42(13)68-57(48)82/h23-26,35-43,46-50,52-55,67,80H,22,27-34H2,1-21H3,(H,68,82)(H,69,81)(H,70,84)(H,71,83)(H,91,92)/t39?,40-,41?,42+,43+,46+,47+,48+,49?,50+,52+,53+,54?,55-/m0/s1. The fourth-order valence-corrected chi connectivity index (χ4v) is 12.2. The van der Waals surface area contributed by atoms with Gasteiger partial charge in [-0.05, 0) is 124 Å². The van der Waals surface area contributed by atoms with Crippen LogP contribution < -0.4 is 26.6 Å². The molecule has 0 saturated carbocycles. The molecule has 2 fully saturated rings. The Morgan fingerprint density at radius 1 is 0.554 bits per heavy atom. The number of carboxylic acids is 1. The summed E-state index contributed by atoms with van der Waals surface area (Å²) in [5.74, 6) is -12.6. The number of aliphatic hydroxyl groups is 1. The summed E-state index contributed by atoms with van der Waals surface area (Å²) in [6, 6.07) is -7.38. The first-order valence-corrected chi connectivity index (χ1v) is 32.5. The van der Waals surface area contributed by atoms with E-state index in [1.807, 2.05) is 41.5 Å². The molecule has 26 heteroatoms. The average Bonchev–Trinajstić information content (AvgIpc) is 0.846. The quantitative estimate of drug-likeness (QED) is 0.133. The molecular formula is C66H110N12O14. The van der Waals surface area contributed by atoms with Gasteiger partial charge in [0.05, 0.1) is 18.2 Å². The Morgan fingerprint density at radius 2 is 1.07 bits per heavy atom. The maximum Gasteiger partial charge on any atom is 0.335 e. The van der Waals surface area contributed by atoms with Crippen LogP contribution in [0.25, 0.3) is 0 Å². The second kappa shape index (κ2) is 35.0. The van der Waals surface area contributed by atoms with Gasteiger partial charge in [-0.25, -0.2) is 4.79 Å². The number of aliphatic hydroxyl groups excluding tert-OH is 1. The van der Waals surface area contributed by atoms with E-state index in [0.717, 1.165) is 9.80 Å². The molecule has 4 unspecified atom stereocenters. The van der Waals surface area contributed by atoms with Crippen LogP contribution in [0, 0.1) is 41.4 Å². The van der Waals surface area contributed by atoms with Gasteiger partial charge in [-0.3, -0.25) is 52.7 Å². The molecule has 2 bridgehead atoms. The first-order valence-electron chi connectivity index (χ1n) is 32.5. The molecule has 0 radical (unpaired) electrons. The molecule has 0 spiro atoms. The molecule has 2 aliphatic heterocycles. The van der Waals surface area contributed by atoms with Crippen molar-refractivity contribution in [2.24, 2.45) is 41.4 Å². The lowest BCUT2D eigenvalue weighted by molar-refractivity contribution is -0.158. The number of carboxylic acid groups (broad SMARTS) is 1. The van der Waals surface area contributed by atoms with E-state index in [-0.39, 0.29) is 74.8 Å². The Balaban J connectivity index is 2.52. The van der Waals surface area contributed by atoms with Gasteiger partial charge in [0.2, 0.25) is 65.0 Å². The highest BCUT2D eigenvalue weighted by atomic mass is 16.4. The normalized spacial score (nSPS) is 27.8.